The van der Waals surface area contributed by atoms with Gasteiger partial charge in [0.2, 0.25) is 0 Å². The van der Waals surface area contributed by atoms with E-state index < -0.39 is 47.0 Å². The van der Waals surface area contributed by atoms with Crippen LogP contribution in [0.2, 0.25) is 64.0 Å². The Morgan fingerprint density at radius 3 is 1.71 bits per heavy atom. The van der Waals surface area contributed by atoms with E-state index in [0.717, 1.165) is 6.42 Å². The summed E-state index contributed by atoms with van der Waals surface area (Å²) in [6.07, 6.45) is 8.26. The van der Waals surface area contributed by atoms with Gasteiger partial charge in [0, 0.05) is 0 Å². The molecule has 0 saturated heterocycles. The first-order chi connectivity index (χ1) is 21.5. The Kier molecular flexibility index (Phi) is 11.5. The molecule has 0 N–H and O–H groups in total. The van der Waals surface area contributed by atoms with Gasteiger partial charge in [-0.2, -0.15) is 0 Å². The fourth-order valence-electron chi connectivity index (χ4n) is 8.25. The molecule has 3 aliphatic carbocycles. The van der Waals surface area contributed by atoms with Crippen LogP contribution in [0.1, 0.15) is 30.0 Å². The summed E-state index contributed by atoms with van der Waals surface area (Å²) in [4.78, 5) is 0. The second kappa shape index (κ2) is 14.2. The standard InChI is InChI=1S/C29H41Si3.C13H10.2ClH.Zr/c1-20-16-17-23-22(18-20)19-24-25(23)27(30(3,4)5)28(31(6,7)8)29(2,32(9,10)11)26(24)21-14-12-13-15-21;1-3-7-12(8-4-1)11-13-9-5-2-6-10-13;;;/h12-14,16-18H,15H2,1-11H3;1-10H;2*1H;/q;;;;+2/p-2. The second-order valence-electron chi connectivity index (χ2n) is 16.7. The average Bonchev–Trinajstić information content (AvgIpc) is 3.61. The van der Waals surface area contributed by atoms with Crippen molar-refractivity contribution in [3.05, 3.63) is 151 Å². The van der Waals surface area contributed by atoms with Gasteiger partial charge in [0.15, 0.2) is 0 Å². The molecule has 0 aromatic heterocycles. The molecule has 0 heterocycles. The summed E-state index contributed by atoms with van der Waals surface area (Å²) in [6.45, 7) is 28.9. The van der Waals surface area contributed by atoms with Crippen molar-refractivity contribution in [2.45, 2.75) is 84.2 Å². The fraction of sp³-hybridized carbons (Fsp3) is 0.310. The van der Waals surface area contributed by atoms with E-state index in [0.29, 0.717) is 0 Å². The predicted octanol–water partition coefficient (Wildman–Crippen LogP) is 3.97. The molecule has 1 atom stereocenters. The first-order valence-electron chi connectivity index (χ1n) is 17.0. The number of hydrogen-bond acceptors (Lipinski definition) is 0. The van der Waals surface area contributed by atoms with Gasteiger partial charge in [-0.15, -0.1) is 0 Å². The molecule has 3 aromatic carbocycles. The average molecular weight is 802 g/mol. The van der Waals surface area contributed by atoms with Crippen molar-refractivity contribution < 1.29 is 47.6 Å². The number of hydrogen-bond donors (Lipinski definition) is 0. The van der Waals surface area contributed by atoms with Gasteiger partial charge in [0.05, 0.1) is 0 Å². The molecule has 6 heteroatoms. The normalized spacial score (nSPS) is 18.9. The summed E-state index contributed by atoms with van der Waals surface area (Å²) in [5.41, 5.74) is 10.7. The molecule has 249 valence electrons. The molecular formula is C42H51Cl2Si3Zr. The van der Waals surface area contributed by atoms with Gasteiger partial charge < -0.3 is 24.8 Å². The van der Waals surface area contributed by atoms with Crippen molar-refractivity contribution in [3.8, 4) is 0 Å². The summed E-state index contributed by atoms with van der Waals surface area (Å²) < 4.78 is 3.29. The minimum absolute atomic E-state index is 0. The van der Waals surface area contributed by atoms with Crippen molar-refractivity contribution >= 4 is 36.3 Å². The molecule has 0 radical (unpaired) electrons. The van der Waals surface area contributed by atoms with E-state index in [4.69, 9.17) is 0 Å². The SMILES string of the molecule is Cc1ccc2c(c1)=[C]([Zr+2]=[C](c1ccccc1)c1ccccc1)C1=C(C3=CC=CC3)C(C)([Si](C)(C)C)C([Si](C)(C)C)=C([Si](C)(C)C)C=21.[Cl-].[Cl-]. The van der Waals surface area contributed by atoms with Gasteiger partial charge in [-0.25, -0.2) is 0 Å². The zero-order valence-corrected chi connectivity index (χ0v) is 37.7. The van der Waals surface area contributed by atoms with Gasteiger partial charge in [-0.3, -0.25) is 0 Å². The van der Waals surface area contributed by atoms with Gasteiger partial charge >= 0.3 is 295 Å². The van der Waals surface area contributed by atoms with Crippen molar-refractivity contribution in [3.63, 3.8) is 0 Å². The molecule has 0 spiro atoms. The molecule has 0 nitrogen and oxygen atoms in total. The molecule has 0 amide bonds. The number of allylic oxidation sites excluding steroid dienone is 8. The quantitative estimate of drug-likeness (QED) is 0.318. The third-order valence-corrected chi connectivity index (χ3v) is 22.6. The Morgan fingerprint density at radius 2 is 1.25 bits per heavy atom. The molecule has 0 saturated carbocycles. The van der Waals surface area contributed by atoms with Gasteiger partial charge in [-0.05, 0) is 0 Å². The van der Waals surface area contributed by atoms with E-state index in [1.807, 2.05) is 10.4 Å². The third-order valence-electron chi connectivity index (χ3n) is 10.4. The van der Waals surface area contributed by atoms with Crippen LogP contribution >= 0.6 is 0 Å². The summed E-state index contributed by atoms with van der Waals surface area (Å²) >= 11 is -1.34. The first-order valence-corrected chi connectivity index (χ1v) is 30.0. The second-order valence-corrected chi connectivity index (χ2v) is 35.3. The summed E-state index contributed by atoms with van der Waals surface area (Å²) in [6, 6.07) is 30.1. The molecule has 0 aliphatic heterocycles. The Labute approximate surface area is 316 Å². The van der Waals surface area contributed by atoms with Crippen LogP contribution in [0.15, 0.2) is 124 Å². The first kappa shape index (κ1) is 39.1. The predicted molar refractivity (Wildman–Crippen MR) is 208 cm³/mol. The Balaban J connectivity index is 0.00000260. The smallest absolute Gasteiger partial charge is 1.00 e. The monoisotopic (exact) mass is 799 g/mol. The third kappa shape index (κ3) is 6.72. The number of aryl methyl sites for hydroxylation is 1. The van der Waals surface area contributed by atoms with Crippen LogP contribution in [0.5, 0.6) is 0 Å². The minimum atomic E-state index is -1.82. The largest absolute Gasteiger partial charge is 1.00 e. The molecule has 3 aromatic rings. The number of benzene rings is 3. The summed E-state index contributed by atoms with van der Waals surface area (Å²) in [5, 5.41) is 6.82. The van der Waals surface area contributed by atoms with E-state index in [-0.39, 0.29) is 29.9 Å². The van der Waals surface area contributed by atoms with Crippen LogP contribution in [-0.2, 0) is 22.8 Å². The molecular weight excluding hydrogens is 751 g/mol. The minimum Gasteiger partial charge on any atom is -1.00 e. The molecule has 0 bridgehead atoms. The van der Waals surface area contributed by atoms with Gasteiger partial charge in [0.1, 0.15) is 0 Å². The van der Waals surface area contributed by atoms with Crippen LogP contribution in [0, 0.1) is 6.92 Å². The van der Waals surface area contributed by atoms with Crippen LogP contribution in [0.25, 0.3) is 8.85 Å². The van der Waals surface area contributed by atoms with Crippen LogP contribution in [-0.4, -0.2) is 27.4 Å². The van der Waals surface area contributed by atoms with E-state index in [1.54, 1.807) is 28.8 Å². The summed E-state index contributed by atoms with van der Waals surface area (Å²) in [7, 11) is -5.39. The maximum Gasteiger partial charge on any atom is -1.00 e. The number of halogens is 2. The fourth-order valence-corrected chi connectivity index (χ4v) is 23.2. The zero-order valence-electron chi connectivity index (χ0n) is 30.7. The maximum atomic E-state index is 2.72. The summed E-state index contributed by atoms with van der Waals surface area (Å²) in [5.74, 6) is 0. The zero-order chi connectivity index (χ0) is 33.2. The molecule has 6 rings (SSSR count). The van der Waals surface area contributed by atoms with Crippen molar-refractivity contribution in [2.75, 3.05) is 0 Å². The van der Waals surface area contributed by atoms with Crippen LogP contribution < -0.4 is 35.3 Å². The Morgan fingerprint density at radius 1 is 0.688 bits per heavy atom. The van der Waals surface area contributed by atoms with E-state index >= 15 is 0 Å². The van der Waals surface area contributed by atoms with E-state index in [9.17, 15) is 0 Å². The Hall–Kier alpha value is -1.66. The van der Waals surface area contributed by atoms with Crippen molar-refractivity contribution in [2.24, 2.45) is 0 Å². The van der Waals surface area contributed by atoms with Crippen molar-refractivity contribution in [1.29, 1.82) is 0 Å². The molecule has 0 fully saturated rings. The number of rotatable bonds is 7. The van der Waals surface area contributed by atoms with Crippen molar-refractivity contribution in [1.82, 2.24) is 0 Å². The molecule has 3 aliphatic rings. The van der Waals surface area contributed by atoms with Crippen LogP contribution in [0.3, 0.4) is 0 Å². The van der Waals surface area contributed by atoms with Gasteiger partial charge in [0.25, 0.3) is 0 Å². The number of fused-ring (bicyclic) bond motifs is 2. The topological polar surface area (TPSA) is 0 Å². The van der Waals surface area contributed by atoms with Gasteiger partial charge in [-0.1, -0.05) is 0 Å². The van der Waals surface area contributed by atoms with Crippen LogP contribution in [0.4, 0.5) is 0 Å². The Bertz CT molecular complexity index is 1970. The van der Waals surface area contributed by atoms with E-state index in [1.165, 1.54) is 27.1 Å². The molecule has 1 unspecified atom stereocenters. The molecule has 48 heavy (non-hydrogen) atoms. The maximum absolute atomic E-state index is 2.72. The van der Waals surface area contributed by atoms with E-state index in [2.05, 4.69) is 170 Å².